The van der Waals surface area contributed by atoms with Crippen molar-refractivity contribution in [1.82, 2.24) is 0 Å². The van der Waals surface area contributed by atoms with Crippen molar-refractivity contribution in [3.05, 3.63) is 138 Å². The summed E-state index contributed by atoms with van der Waals surface area (Å²) >= 11 is 0. The fourth-order valence-corrected chi connectivity index (χ4v) is 4.31. The quantitative estimate of drug-likeness (QED) is 0.320. The van der Waals surface area contributed by atoms with Gasteiger partial charge in [0, 0.05) is 0 Å². The Morgan fingerprint density at radius 2 is 1.26 bits per heavy atom. The van der Waals surface area contributed by atoms with E-state index in [1.807, 2.05) is 95.9 Å². The summed E-state index contributed by atoms with van der Waals surface area (Å²) in [4.78, 5) is 21.1. The van der Waals surface area contributed by atoms with Gasteiger partial charge in [-0.2, -0.15) is 0 Å². The molecule has 34 heavy (non-hydrogen) atoms. The number of nitrogens with zero attached hydrogens (tertiary/aromatic N) is 2. The molecular formula is C31H26N2O. The third-order valence-corrected chi connectivity index (χ3v) is 6.06. The van der Waals surface area contributed by atoms with Crippen LogP contribution in [0.4, 0.5) is 11.4 Å². The predicted octanol–water partition coefficient (Wildman–Crippen LogP) is 6.88. The van der Waals surface area contributed by atoms with Crippen LogP contribution in [0.2, 0.25) is 0 Å². The lowest BCUT2D eigenvalue weighted by Crippen LogP contribution is -2.38. The van der Waals surface area contributed by atoms with Gasteiger partial charge in [0.2, 0.25) is 5.91 Å². The Labute approximate surface area is 200 Å². The molecule has 0 fully saturated rings. The van der Waals surface area contributed by atoms with Gasteiger partial charge < -0.3 is 4.90 Å². The maximum absolute atomic E-state index is 14.1. The Kier molecular flexibility index (Phi) is 6.44. The maximum Gasteiger partial charge on any atom is 0.236 e. The average molecular weight is 443 g/mol. The first kappa shape index (κ1) is 21.6. The van der Waals surface area contributed by atoms with Crippen LogP contribution in [0, 0.1) is 5.92 Å². The molecule has 0 aromatic heterocycles. The van der Waals surface area contributed by atoms with Crippen LogP contribution in [0.3, 0.4) is 0 Å². The molecule has 0 N–H and O–H groups in total. The number of para-hydroxylation sites is 2. The first-order chi connectivity index (χ1) is 16.8. The van der Waals surface area contributed by atoms with E-state index < -0.39 is 5.92 Å². The monoisotopic (exact) mass is 442 g/mol. The molecule has 0 aliphatic carbocycles. The minimum absolute atomic E-state index is 0.0640. The van der Waals surface area contributed by atoms with Crippen molar-refractivity contribution >= 4 is 29.1 Å². The molecule has 0 saturated carbocycles. The molecule has 1 aliphatic heterocycles. The first-order valence-corrected chi connectivity index (χ1v) is 11.6. The highest BCUT2D eigenvalue weighted by Crippen LogP contribution is 2.35. The van der Waals surface area contributed by atoms with Gasteiger partial charge in [-0.1, -0.05) is 109 Å². The van der Waals surface area contributed by atoms with E-state index in [4.69, 9.17) is 4.99 Å². The standard InChI is InChI=1S/C31H26N2O/c34-31-27(22-25-14-6-2-7-15-25)28(21-20-24-12-4-1-5-13-24)32-29-18-10-11-19-30(29)33(31)23-26-16-8-3-9-17-26/h1-21,27H,22-23H2/b21-20+. The highest BCUT2D eigenvalue weighted by Gasteiger charge is 2.33. The normalized spacial score (nSPS) is 15.6. The van der Waals surface area contributed by atoms with Gasteiger partial charge in [0.05, 0.1) is 29.5 Å². The highest BCUT2D eigenvalue weighted by molar-refractivity contribution is 6.18. The number of carbonyl (C=O) groups excluding carboxylic acids is 1. The largest absolute Gasteiger partial charge is 0.305 e. The summed E-state index contributed by atoms with van der Waals surface area (Å²) in [5, 5.41) is 0. The Bertz CT molecular complexity index is 1310. The molecule has 166 valence electrons. The van der Waals surface area contributed by atoms with Gasteiger partial charge in [-0.05, 0) is 41.3 Å². The number of benzene rings is 4. The van der Waals surface area contributed by atoms with Gasteiger partial charge in [-0.3, -0.25) is 9.79 Å². The van der Waals surface area contributed by atoms with Crippen molar-refractivity contribution in [1.29, 1.82) is 0 Å². The second-order valence-corrected chi connectivity index (χ2v) is 8.42. The summed E-state index contributed by atoms with van der Waals surface area (Å²) in [6, 6.07) is 38.4. The van der Waals surface area contributed by atoms with Crippen molar-refractivity contribution in [2.24, 2.45) is 10.9 Å². The number of hydrogen-bond acceptors (Lipinski definition) is 2. The van der Waals surface area contributed by atoms with Crippen molar-refractivity contribution in [2.75, 3.05) is 4.90 Å². The molecule has 5 rings (SSSR count). The van der Waals surface area contributed by atoms with Crippen LogP contribution in [0.25, 0.3) is 6.08 Å². The lowest BCUT2D eigenvalue weighted by atomic mass is 9.92. The van der Waals surface area contributed by atoms with Crippen molar-refractivity contribution in [2.45, 2.75) is 13.0 Å². The molecule has 4 aromatic carbocycles. The summed E-state index contributed by atoms with van der Waals surface area (Å²) in [5.41, 5.74) is 5.72. The summed E-state index contributed by atoms with van der Waals surface area (Å²) in [6.45, 7) is 0.507. The number of fused-ring (bicyclic) bond motifs is 1. The third kappa shape index (κ3) is 4.89. The lowest BCUT2D eigenvalue weighted by Gasteiger charge is -2.26. The Balaban J connectivity index is 1.59. The highest BCUT2D eigenvalue weighted by atomic mass is 16.2. The summed E-state index contributed by atoms with van der Waals surface area (Å²) < 4.78 is 0. The van der Waals surface area contributed by atoms with Crippen LogP contribution >= 0.6 is 0 Å². The van der Waals surface area contributed by atoms with E-state index in [9.17, 15) is 4.79 Å². The van der Waals surface area contributed by atoms with Gasteiger partial charge in [-0.25, -0.2) is 0 Å². The number of hydrogen-bond donors (Lipinski definition) is 0. The Morgan fingerprint density at radius 3 is 1.97 bits per heavy atom. The SMILES string of the molecule is O=C1C(Cc2ccccc2)C(/C=C/c2ccccc2)=Nc2ccccc2N1Cc1ccccc1. The van der Waals surface area contributed by atoms with Crippen LogP contribution < -0.4 is 4.90 Å². The number of allylic oxidation sites excluding steroid dienone is 1. The van der Waals surface area contributed by atoms with Gasteiger partial charge in [0.1, 0.15) is 0 Å². The molecule has 1 unspecified atom stereocenters. The molecule has 1 aliphatic rings. The topological polar surface area (TPSA) is 32.7 Å². The fraction of sp³-hybridized carbons (Fsp3) is 0.0968. The summed E-state index contributed by atoms with van der Waals surface area (Å²) in [6.07, 6.45) is 4.64. The van der Waals surface area contributed by atoms with Crippen LogP contribution in [-0.2, 0) is 17.8 Å². The van der Waals surface area contributed by atoms with Gasteiger partial charge in [-0.15, -0.1) is 0 Å². The van der Waals surface area contributed by atoms with E-state index >= 15 is 0 Å². The Morgan fingerprint density at radius 1 is 0.676 bits per heavy atom. The smallest absolute Gasteiger partial charge is 0.236 e. The number of carbonyl (C=O) groups is 1. The van der Waals surface area contributed by atoms with E-state index in [0.717, 1.165) is 33.8 Å². The molecule has 1 atom stereocenters. The van der Waals surface area contributed by atoms with E-state index in [-0.39, 0.29) is 5.91 Å². The predicted molar refractivity (Wildman–Crippen MR) is 140 cm³/mol. The molecule has 4 aromatic rings. The molecule has 0 spiro atoms. The maximum atomic E-state index is 14.1. The minimum atomic E-state index is -0.390. The van der Waals surface area contributed by atoms with E-state index in [1.165, 1.54) is 0 Å². The Hall–Kier alpha value is -4.24. The number of rotatable bonds is 6. The zero-order valence-corrected chi connectivity index (χ0v) is 18.9. The van der Waals surface area contributed by atoms with Gasteiger partial charge in [0.15, 0.2) is 0 Å². The number of anilines is 1. The van der Waals surface area contributed by atoms with Crippen molar-refractivity contribution in [3.8, 4) is 0 Å². The second-order valence-electron chi connectivity index (χ2n) is 8.42. The molecule has 3 heteroatoms. The fourth-order valence-electron chi connectivity index (χ4n) is 4.31. The minimum Gasteiger partial charge on any atom is -0.305 e. The lowest BCUT2D eigenvalue weighted by molar-refractivity contribution is -0.120. The van der Waals surface area contributed by atoms with Crippen LogP contribution in [0.1, 0.15) is 16.7 Å². The summed E-state index contributed by atoms with van der Waals surface area (Å²) in [7, 11) is 0. The molecule has 1 amide bonds. The second kappa shape index (κ2) is 10.1. The zero-order chi connectivity index (χ0) is 23.2. The van der Waals surface area contributed by atoms with Crippen LogP contribution in [0.15, 0.2) is 126 Å². The third-order valence-electron chi connectivity index (χ3n) is 6.06. The van der Waals surface area contributed by atoms with Gasteiger partial charge >= 0.3 is 0 Å². The number of aliphatic imine (C=N–C) groups is 1. The van der Waals surface area contributed by atoms with Gasteiger partial charge in [0.25, 0.3) is 0 Å². The van der Waals surface area contributed by atoms with E-state index in [2.05, 4.69) is 36.4 Å². The molecule has 3 nitrogen and oxygen atoms in total. The molecule has 0 saturated heterocycles. The first-order valence-electron chi connectivity index (χ1n) is 11.6. The molecule has 0 radical (unpaired) electrons. The molecular weight excluding hydrogens is 416 g/mol. The molecule has 0 bridgehead atoms. The van der Waals surface area contributed by atoms with Crippen molar-refractivity contribution in [3.63, 3.8) is 0 Å². The summed E-state index contributed by atoms with van der Waals surface area (Å²) in [5.74, 6) is -0.326. The van der Waals surface area contributed by atoms with E-state index in [0.29, 0.717) is 13.0 Å². The van der Waals surface area contributed by atoms with Crippen LogP contribution in [-0.4, -0.2) is 11.6 Å². The van der Waals surface area contributed by atoms with E-state index in [1.54, 1.807) is 0 Å². The molecule has 1 heterocycles. The average Bonchev–Trinajstić information content (AvgIpc) is 3.00. The number of amides is 1. The van der Waals surface area contributed by atoms with Crippen molar-refractivity contribution < 1.29 is 4.79 Å². The zero-order valence-electron chi connectivity index (χ0n) is 18.9. The van der Waals surface area contributed by atoms with Crippen LogP contribution in [0.5, 0.6) is 0 Å².